The fourth-order valence-corrected chi connectivity index (χ4v) is 9.85. The second kappa shape index (κ2) is 8.98. The summed E-state index contributed by atoms with van der Waals surface area (Å²) < 4.78 is 56.9. The molecule has 0 radical (unpaired) electrons. The third-order valence-electron chi connectivity index (χ3n) is 7.77. The summed E-state index contributed by atoms with van der Waals surface area (Å²) in [5.41, 5.74) is 3.86. The van der Waals surface area contributed by atoms with Gasteiger partial charge in [-0.1, -0.05) is 39.8 Å². The molecule has 2 aromatic rings. The molecule has 35 heavy (non-hydrogen) atoms. The van der Waals surface area contributed by atoms with Crippen molar-refractivity contribution in [2.75, 3.05) is 26.2 Å². The van der Waals surface area contributed by atoms with Crippen molar-refractivity contribution in [3.63, 3.8) is 0 Å². The van der Waals surface area contributed by atoms with Gasteiger partial charge in [-0.05, 0) is 89.5 Å². The van der Waals surface area contributed by atoms with E-state index in [4.69, 9.17) is 0 Å². The molecule has 3 aliphatic rings. The summed E-state index contributed by atoms with van der Waals surface area (Å²) in [6.07, 6.45) is 2.63. The topological polar surface area (TPSA) is 74.8 Å². The number of benzene rings is 2. The van der Waals surface area contributed by atoms with Crippen molar-refractivity contribution in [1.29, 1.82) is 0 Å². The molecule has 8 heteroatoms. The molecular formula is C27H36N2O4S2. The first-order valence-corrected chi connectivity index (χ1v) is 15.6. The van der Waals surface area contributed by atoms with Crippen LogP contribution in [0.4, 0.5) is 0 Å². The highest BCUT2D eigenvalue weighted by Crippen LogP contribution is 2.40. The van der Waals surface area contributed by atoms with Crippen molar-refractivity contribution in [3.05, 3.63) is 47.5 Å². The lowest BCUT2D eigenvalue weighted by Gasteiger charge is -2.34. The van der Waals surface area contributed by atoms with Crippen molar-refractivity contribution in [1.82, 2.24) is 8.61 Å². The van der Waals surface area contributed by atoms with Crippen LogP contribution < -0.4 is 0 Å². The molecule has 0 spiro atoms. The van der Waals surface area contributed by atoms with Gasteiger partial charge in [-0.3, -0.25) is 0 Å². The molecule has 0 N–H and O–H groups in total. The Morgan fingerprint density at radius 1 is 0.600 bits per heavy atom. The fourth-order valence-electron chi connectivity index (χ4n) is 6.39. The van der Waals surface area contributed by atoms with Gasteiger partial charge >= 0.3 is 0 Å². The first-order chi connectivity index (χ1) is 16.4. The summed E-state index contributed by atoms with van der Waals surface area (Å²) in [7, 11) is -7.12. The molecule has 0 saturated carbocycles. The van der Waals surface area contributed by atoms with Crippen LogP contribution in [0.25, 0.3) is 11.1 Å². The highest BCUT2D eigenvalue weighted by molar-refractivity contribution is 7.89. The van der Waals surface area contributed by atoms with Crippen LogP contribution in [0.2, 0.25) is 0 Å². The zero-order valence-corrected chi connectivity index (χ0v) is 22.7. The molecule has 6 nitrogen and oxygen atoms in total. The molecule has 5 rings (SSSR count). The van der Waals surface area contributed by atoms with Crippen LogP contribution in [0.15, 0.2) is 46.2 Å². The zero-order valence-electron chi connectivity index (χ0n) is 21.1. The molecule has 2 saturated heterocycles. The second-order valence-electron chi connectivity index (χ2n) is 11.4. The third kappa shape index (κ3) is 4.59. The van der Waals surface area contributed by atoms with Gasteiger partial charge in [0.1, 0.15) is 0 Å². The zero-order chi connectivity index (χ0) is 25.1. The maximum atomic E-state index is 13.4. The van der Waals surface area contributed by atoms with E-state index in [0.717, 1.165) is 35.1 Å². The van der Waals surface area contributed by atoms with E-state index in [1.807, 2.05) is 12.1 Å². The Labute approximate surface area is 210 Å². The Morgan fingerprint density at radius 2 is 0.943 bits per heavy atom. The predicted molar refractivity (Wildman–Crippen MR) is 138 cm³/mol. The van der Waals surface area contributed by atoms with Crippen molar-refractivity contribution >= 4 is 20.0 Å². The molecule has 4 atom stereocenters. The Morgan fingerprint density at radius 3 is 1.29 bits per heavy atom. The van der Waals surface area contributed by atoms with Gasteiger partial charge in [0, 0.05) is 26.2 Å². The summed E-state index contributed by atoms with van der Waals surface area (Å²) >= 11 is 0. The normalized spacial score (nSPS) is 28.0. The van der Waals surface area contributed by atoms with Crippen molar-refractivity contribution in [2.24, 2.45) is 23.7 Å². The first kappa shape index (κ1) is 24.9. The molecule has 2 heterocycles. The van der Waals surface area contributed by atoms with E-state index in [0.29, 0.717) is 66.1 Å². The first-order valence-electron chi connectivity index (χ1n) is 12.7. The van der Waals surface area contributed by atoms with Gasteiger partial charge in [-0.15, -0.1) is 0 Å². The third-order valence-corrected chi connectivity index (χ3v) is 11.4. The second-order valence-corrected chi connectivity index (χ2v) is 15.2. The van der Waals surface area contributed by atoms with Gasteiger partial charge in [0.15, 0.2) is 0 Å². The van der Waals surface area contributed by atoms with E-state index in [2.05, 4.69) is 27.7 Å². The molecular weight excluding hydrogens is 480 g/mol. The number of sulfonamides is 2. The van der Waals surface area contributed by atoms with Gasteiger partial charge in [-0.25, -0.2) is 16.8 Å². The Hall–Kier alpha value is -1.74. The van der Waals surface area contributed by atoms with E-state index in [-0.39, 0.29) is 0 Å². The van der Waals surface area contributed by atoms with Crippen molar-refractivity contribution < 1.29 is 16.8 Å². The SMILES string of the molecule is C[C@@H]1C[C@H](C)CN(S(=O)(=O)c2ccc3c(c2)Cc2cc(S(=O)(=O)N4C[C@@H](C)C[C@H](C)C4)ccc2-3)C1. The van der Waals surface area contributed by atoms with Crippen LogP contribution >= 0.6 is 0 Å². The minimum atomic E-state index is -3.56. The average molecular weight is 517 g/mol. The van der Waals surface area contributed by atoms with Crippen LogP contribution in [0.5, 0.6) is 0 Å². The maximum absolute atomic E-state index is 13.4. The van der Waals surface area contributed by atoms with Crippen molar-refractivity contribution in [3.8, 4) is 11.1 Å². The van der Waals surface area contributed by atoms with E-state index >= 15 is 0 Å². The summed E-state index contributed by atoms with van der Waals surface area (Å²) in [6, 6.07) is 10.7. The molecule has 2 fully saturated rings. The van der Waals surface area contributed by atoms with Gasteiger partial charge in [-0.2, -0.15) is 8.61 Å². The lowest BCUT2D eigenvalue weighted by molar-refractivity contribution is 0.222. The number of nitrogens with zero attached hydrogens (tertiary/aromatic N) is 2. The molecule has 0 aromatic heterocycles. The van der Waals surface area contributed by atoms with Gasteiger partial charge in [0.05, 0.1) is 9.79 Å². The predicted octanol–water partition coefficient (Wildman–Crippen LogP) is 4.59. The minimum absolute atomic E-state index is 0.328. The summed E-state index contributed by atoms with van der Waals surface area (Å²) in [6.45, 7) is 10.6. The Balaban J connectivity index is 1.42. The minimum Gasteiger partial charge on any atom is -0.207 e. The Kier molecular flexibility index (Phi) is 6.39. The average Bonchev–Trinajstić information content (AvgIpc) is 3.15. The maximum Gasteiger partial charge on any atom is 0.243 e. The standard InChI is InChI=1S/C27H36N2O4S2/c1-18-9-19(2)15-28(14-18)34(30,31)24-5-7-26-22(12-24)11-23-13-25(6-8-27(23)26)35(32,33)29-16-20(3)10-21(4)17-29/h5-8,12-13,18-21H,9-11,14-17H2,1-4H3/t18-,19-,20-,21+/m0/s1. The van der Waals surface area contributed by atoms with Crippen molar-refractivity contribution in [2.45, 2.75) is 56.7 Å². The molecule has 190 valence electrons. The van der Waals surface area contributed by atoms with Crippen LogP contribution in [0.3, 0.4) is 0 Å². The van der Waals surface area contributed by atoms with Crippen LogP contribution in [-0.4, -0.2) is 51.6 Å². The molecule has 0 unspecified atom stereocenters. The van der Waals surface area contributed by atoms with Gasteiger partial charge in [0.25, 0.3) is 0 Å². The van der Waals surface area contributed by atoms with E-state index in [9.17, 15) is 16.8 Å². The quantitative estimate of drug-likeness (QED) is 0.508. The van der Waals surface area contributed by atoms with Crippen LogP contribution in [-0.2, 0) is 26.5 Å². The number of piperidine rings is 2. The van der Waals surface area contributed by atoms with E-state index < -0.39 is 20.0 Å². The fraction of sp³-hybridized carbons (Fsp3) is 0.556. The van der Waals surface area contributed by atoms with Crippen LogP contribution in [0, 0.1) is 23.7 Å². The number of rotatable bonds is 4. The van der Waals surface area contributed by atoms with Crippen LogP contribution in [0.1, 0.15) is 51.7 Å². The molecule has 2 aliphatic heterocycles. The van der Waals surface area contributed by atoms with Gasteiger partial charge in [0.2, 0.25) is 20.0 Å². The molecule has 0 bridgehead atoms. The highest BCUT2D eigenvalue weighted by atomic mass is 32.2. The molecule has 2 aromatic carbocycles. The largest absolute Gasteiger partial charge is 0.243 e. The highest BCUT2D eigenvalue weighted by Gasteiger charge is 2.34. The summed E-state index contributed by atoms with van der Waals surface area (Å²) in [5, 5.41) is 0. The van der Waals surface area contributed by atoms with Gasteiger partial charge < -0.3 is 0 Å². The smallest absolute Gasteiger partial charge is 0.207 e. The number of hydrogen-bond donors (Lipinski definition) is 0. The lowest BCUT2D eigenvalue weighted by atomic mass is 9.94. The summed E-state index contributed by atoms with van der Waals surface area (Å²) in [4.78, 5) is 0.656. The number of fused-ring (bicyclic) bond motifs is 3. The monoisotopic (exact) mass is 516 g/mol. The lowest BCUT2D eigenvalue weighted by Crippen LogP contribution is -2.42. The van der Waals surface area contributed by atoms with E-state index in [1.165, 1.54) is 0 Å². The Bertz CT molecular complexity index is 1230. The molecule has 0 amide bonds. The molecule has 1 aliphatic carbocycles. The van der Waals surface area contributed by atoms with E-state index in [1.54, 1.807) is 32.9 Å². The number of hydrogen-bond acceptors (Lipinski definition) is 4. The summed E-state index contributed by atoms with van der Waals surface area (Å²) in [5.74, 6) is 1.38.